The molecule has 6 nitrogen and oxygen atoms in total. The molecular formula is C13H10N4O2. The van der Waals surface area contributed by atoms with Crippen molar-refractivity contribution in [2.75, 3.05) is 0 Å². The highest BCUT2D eigenvalue weighted by Crippen LogP contribution is 2.06. The average Bonchev–Trinajstić information content (AvgIpc) is 2.39. The van der Waals surface area contributed by atoms with E-state index < -0.39 is 11.2 Å². The molecule has 3 aromatic rings. The van der Waals surface area contributed by atoms with Gasteiger partial charge in [-0.05, 0) is 24.6 Å². The van der Waals surface area contributed by atoms with Crippen molar-refractivity contribution >= 4 is 11.2 Å². The molecule has 1 N–H and O–H groups in total. The lowest BCUT2D eigenvalue weighted by atomic mass is 10.2. The van der Waals surface area contributed by atoms with Crippen LogP contribution in [0.25, 0.3) is 16.9 Å². The van der Waals surface area contributed by atoms with Crippen molar-refractivity contribution < 1.29 is 0 Å². The average molecular weight is 254 g/mol. The predicted octanol–water partition coefficient (Wildman–Crippen LogP) is 0.777. The largest absolute Gasteiger partial charge is 0.334 e. The molecule has 0 saturated heterocycles. The Morgan fingerprint density at radius 2 is 1.95 bits per heavy atom. The van der Waals surface area contributed by atoms with Crippen LogP contribution in [0.5, 0.6) is 0 Å². The van der Waals surface area contributed by atoms with Gasteiger partial charge in [0, 0.05) is 12.4 Å². The standard InChI is InChI=1S/C13H10N4O2/c1-8-3-2-4-9(7-8)17-12(18)10-11(16-13(17)19)15-6-5-14-10/h2-7H,1H3,(H,15,16,19). The second-order valence-corrected chi connectivity index (χ2v) is 4.16. The predicted molar refractivity (Wildman–Crippen MR) is 70.5 cm³/mol. The summed E-state index contributed by atoms with van der Waals surface area (Å²) in [5, 5.41) is 0. The second kappa shape index (κ2) is 4.16. The van der Waals surface area contributed by atoms with Gasteiger partial charge in [-0.1, -0.05) is 12.1 Å². The third-order valence-corrected chi connectivity index (χ3v) is 2.79. The van der Waals surface area contributed by atoms with E-state index in [0.29, 0.717) is 5.69 Å². The number of fused-ring (bicyclic) bond motifs is 1. The molecule has 0 radical (unpaired) electrons. The van der Waals surface area contributed by atoms with E-state index in [1.54, 1.807) is 18.2 Å². The number of benzene rings is 1. The number of aryl methyl sites for hydroxylation is 1. The summed E-state index contributed by atoms with van der Waals surface area (Å²) in [6, 6.07) is 7.14. The van der Waals surface area contributed by atoms with Gasteiger partial charge in [0.05, 0.1) is 5.69 Å². The SMILES string of the molecule is Cc1cccc(-n2c(=O)[nH]c3nccnc3c2=O)c1. The Bertz CT molecular complexity index is 879. The van der Waals surface area contributed by atoms with Crippen LogP contribution in [0.1, 0.15) is 5.56 Å². The number of nitrogens with zero attached hydrogens (tertiary/aromatic N) is 3. The zero-order chi connectivity index (χ0) is 13.4. The van der Waals surface area contributed by atoms with Gasteiger partial charge >= 0.3 is 5.69 Å². The van der Waals surface area contributed by atoms with Gasteiger partial charge in [-0.15, -0.1) is 0 Å². The minimum Gasteiger partial charge on any atom is -0.290 e. The van der Waals surface area contributed by atoms with Gasteiger partial charge in [-0.3, -0.25) is 9.78 Å². The van der Waals surface area contributed by atoms with Crippen LogP contribution in [0.2, 0.25) is 0 Å². The lowest BCUT2D eigenvalue weighted by molar-refractivity contribution is 0.887. The van der Waals surface area contributed by atoms with Crippen molar-refractivity contribution in [1.29, 1.82) is 0 Å². The Morgan fingerprint density at radius 3 is 2.74 bits per heavy atom. The fourth-order valence-corrected chi connectivity index (χ4v) is 1.94. The Morgan fingerprint density at radius 1 is 1.16 bits per heavy atom. The summed E-state index contributed by atoms with van der Waals surface area (Å²) in [7, 11) is 0. The Labute approximate surface area is 107 Å². The fourth-order valence-electron chi connectivity index (χ4n) is 1.94. The molecule has 94 valence electrons. The molecule has 6 heteroatoms. The van der Waals surface area contributed by atoms with Crippen LogP contribution >= 0.6 is 0 Å². The van der Waals surface area contributed by atoms with Crippen molar-refractivity contribution in [2.24, 2.45) is 0 Å². The molecule has 0 atom stereocenters. The van der Waals surface area contributed by atoms with Crippen LogP contribution in [-0.4, -0.2) is 19.5 Å². The Hall–Kier alpha value is -2.76. The highest BCUT2D eigenvalue weighted by molar-refractivity contribution is 5.67. The molecule has 0 fully saturated rings. The zero-order valence-corrected chi connectivity index (χ0v) is 10.1. The van der Waals surface area contributed by atoms with E-state index in [1.807, 2.05) is 13.0 Å². The molecule has 2 aromatic heterocycles. The van der Waals surface area contributed by atoms with Crippen LogP contribution in [0.15, 0.2) is 46.2 Å². The van der Waals surface area contributed by atoms with Crippen molar-refractivity contribution in [1.82, 2.24) is 19.5 Å². The molecule has 1 aromatic carbocycles. The van der Waals surface area contributed by atoms with Crippen LogP contribution in [0.4, 0.5) is 0 Å². The number of hydrogen-bond acceptors (Lipinski definition) is 4. The first-order valence-corrected chi connectivity index (χ1v) is 5.70. The van der Waals surface area contributed by atoms with Gasteiger partial charge in [-0.2, -0.15) is 0 Å². The van der Waals surface area contributed by atoms with Crippen LogP contribution < -0.4 is 11.2 Å². The summed E-state index contributed by atoms with van der Waals surface area (Å²) in [5.41, 5.74) is 0.813. The van der Waals surface area contributed by atoms with Crippen molar-refractivity contribution in [3.8, 4) is 5.69 Å². The summed E-state index contributed by atoms with van der Waals surface area (Å²) in [6.45, 7) is 1.89. The first-order valence-electron chi connectivity index (χ1n) is 5.70. The topological polar surface area (TPSA) is 80.6 Å². The maximum atomic E-state index is 12.3. The summed E-state index contributed by atoms with van der Waals surface area (Å²) < 4.78 is 1.06. The Kier molecular flexibility index (Phi) is 2.49. The molecule has 0 aliphatic rings. The van der Waals surface area contributed by atoms with E-state index in [4.69, 9.17) is 0 Å². The number of H-pyrrole nitrogens is 1. The van der Waals surface area contributed by atoms with Gasteiger partial charge < -0.3 is 0 Å². The molecule has 0 spiro atoms. The van der Waals surface area contributed by atoms with E-state index in [-0.39, 0.29) is 11.2 Å². The number of hydrogen-bond donors (Lipinski definition) is 1. The minimum absolute atomic E-state index is 0.142. The van der Waals surface area contributed by atoms with Crippen LogP contribution in [-0.2, 0) is 0 Å². The van der Waals surface area contributed by atoms with E-state index >= 15 is 0 Å². The molecule has 0 aliphatic heterocycles. The van der Waals surface area contributed by atoms with Crippen molar-refractivity contribution in [3.05, 3.63) is 63.1 Å². The lowest BCUT2D eigenvalue weighted by Crippen LogP contribution is -2.34. The molecule has 0 amide bonds. The molecule has 3 rings (SSSR count). The first-order chi connectivity index (χ1) is 9.16. The summed E-state index contributed by atoms with van der Waals surface area (Å²) in [5.74, 6) is 0. The lowest BCUT2D eigenvalue weighted by Gasteiger charge is -2.05. The van der Waals surface area contributed by atoms with E-state index in [1.165, 1.54) is 12.4 Å². The molecule has 2 heterocycles. The zero-order valence-electron chi connectivity index (χ0n) is 10.1. The number of rotatable bonds is 1. The van der Waals surface area contributed by atoms with Crippen molar-refractivity contribution in [3.63, 3.8) is 0 Å². The van der Waals surface area contributed by atoms with Crippen LogP contribution in [0.3, 0.4) is 0 Å². The molecule has 0 unspecified atom stereocenters. The third-order valence-electron chi connectivity index (χ3n) is 2.79. The van der Waals surface area contributed by atoms with Gasteiger partial charge in [0.1, 0.15) is 0 Å². The Balaban J connectivity index is 2.42. The fraction of sp³-hybridized carbons (Fsp3) is 0.0769. The molecule has 0 aliphatic carbocycles. The van der Waals surface area contributed by atoms with Gasteiger partial charge in [0.15, 0.2) is 11.2 Å². The van der Waals surface area contributed by atoms with E-state index in [0.717, 1.165) is 10.1 Å². The van der Waals surface area contributed by atoms with E-state index in [9.17, 15) is 9.59 Å². The maximum Gasteiger partial charge on any atom is 0.334 e. The second-order valence-electron chi connectivity index (χ2n) is 4.16. The molecule has 0 bridgehead atoms. The van der Waals surface area contributed by atoms with Gasteiger partial charge in [0.2, 0.25) is 0 Å². The van der Waals surface area contributed by atoms with Gasteiger partial charge in [-0.25, -0.2) is 19.3 Å². The molecular weight excluding hydrogens is 244 g/mol. The third kappa shape index (κ3) is 1.83. The monoisotopic (exact) mass is 254 g/mol. The van der Waals surface area contributed by atoms with E-state index in [2.05, 4.69) is 15.0 Å². The van der Waals surface area contributed by atoms with Crippen LogP contribution in [0, 0.1) is 6.92 Å². The highest BCUT2D eigenvalue weighted by Gasteiger charge is 2.10. The number of nitrogens with one attached hydrogen (secondary N) is 1. The maximum absolute atomic E-state index is 12.3. The number of aromatic nitrogens is 4. The number of aromatic amines is 1. The smallest absolute Gasteiger partial charge is 0.290 e. The first kappa shape index (κ1) is 11.3. The minimum atomic E-state index is -0.524. The highest BCUT2D eigenvalue weighted by atomic mass is 16.2. The summed E-state index contributed by atoms with van der Waals surface area (Å²) >= 11 is 0. The molecule has 19 heavy (non-hydrogen) atoms. The summed E-state index contributed by atoms with van der Waals surface area (Å²) in [4.78, 5) is 34.7. The van der Waals surface area contributed by atoms with Gasteiger partial charge in [0.25, 0.3) is 5.56 Å². The molecule has 0 saturated carbocycles. The van der Waals surface area contributed by atoms with Crippen molar-refractivity contribution in [2.45, 2.75) is 6.92 Å². The summed E-state index contributed by atoms with van der Waals surface area (Å²) in [6.07, 6.45) is 2.84. The quantitative estimate of drug-likeness (QED) is 0.695. The normalized spacial score (nSPS) is 10.8.